The Bertz CT molecular complexity index is 1240. The van der Waals surface area contributed by atoms with Gasteiger partial charge in [-0.15, -0.1) is 5.10 Å². The zero-order valence-corrected chi connectivity index (χ0v) is 16.8. The minimum atomic E-state index is -0.407. The van der Waals surface area contributed by atoms with Crippen molar-refractivity contribution in [1.29, 1.82) is 0 Å². The van der Waals surface area contributed by atoms with Gasteiger partial charge < -0.3 is 9.84 Å². The topological polar surface area (TPSA) is 107 Å². The van der Waals surface area contributed by atoms with E-state index in [-0.39, 0.29) is 18.3 Å². The summed E-state index contributed by atoms with van der Waals surface area (Å²) in [5.74, 6) is 0.444. The molecule has 0 saturated heterocycles. The van der Waals surface area contributed by atoms with E-state index in [9.17, 15) is 9.59 Å². The van der Waals surface area contributed by atoms with Gasteiger partial charge in [0.25, 0.3) is 5.89 Å². The van der Waals surface area contributed by atoms with Gasteiger partial charge in [-0.25, -0.2) is 13.9 Å². The Labute approximate surface area is 172 Å². The molecule has 0 fully saturated rings. The van der Waals surface area contributed by atoms with Gasteiger partial charge in [-0.1, -0.05) is 48.3 Å². The number of nitrogens with zero attached hydrogens (tertiary/aromatic N) is 5. The van der Waals surface area contributed by atoms with Crippen LogP contribution in [0.3, 0.4) is 0 Å². The molecule has 9 nitrogen and oxygen atoms in total. The molecule has 30 heavy (non-hydrogen) atoms. The van der Waals surface area contributed by atoms with Crippen LogP contribution in [-0.4, -0.2) is 36.8 Å². The summed E-state index contributed by atoms with van der Waals surface area (Å²) in [5.41, 5.74) is 2.43. The van der Waals surface area contributed by atoms with E-state index >= 15 is 0 Å². The van der Waals surface area contributed by atoms with Crippen molar-refractivity contribution in [2.24, 2.45) is 0 Å². The molecule has 0 radical (unpaired) electrons. The van der Waals surface area contributed by atoms with E-state index in [0.29, 0.717) is 23.6 Å². The SMILES string of the molecule is CCCCNC(=O)Cn1nc2c(-c3nc(-c4ccc(C)cc4)no3)cccn2c1=O. The van der Waals surface area contributed by atoms with E-state index in [0.717, 1.165) is 28.7 Å². The Balaban J connectivity index is 1.65. The molecule has 9 heteroatoms. The van der Waals surface area contributed by atoms with Gasteiger partial charge in [-0.05, 0) is 25.5 Å². The van der Waals surface area contributed by atoms with Gasteiger partial charge in [0.2, 0.25) is 11.7 Å². The van der Waals surface area contributed by atoms with Crippen molar-refractivity contribution in [3.05, 3.63) is 58.6 Å². The first-order valence-electron chi connectivity index (χ1n) is 9.83. The van der Waals surface area contributed by atoms with Crippen molar-refractivity contribution in [1.82, 2.24) is 29.6 Å². The van der Waals surface area contributed by atoms with Crippen molar-refractivity contribution >= 4 is 11.6 Å². The molecule has 4 rings (SSSR count). The molecule has 0 aliphatic rings. The van der Waals surface area contributed by atoms with Gasteiger partial charge in [0.05, 0.1) is 5.56 Å². The maximum absolute atomic E-state index is 12.7. The molecule has 1 amide bonds. The van der Waals surface area contributed by atoms with Gasteiger partial charge in [0.15, 0.2) is 5.65 Å². The van der Waals surface area contributed by atoms with Crippen LogP contribution in [0.1, 0.15) is 25.3 Å². The molecule has 0 atom stereocenters. The van der Waals surface area contributed by atoms with Crippen LogP contribution < -0.4 is 11.0 Å². The number of carbonyl (C=O) groups excluding carboxylic acids is 1. The van der Waals surface area contributed by atoms with Gasteiger partial charge in [0, 0.05) is 18.3 Å². The number of hydrogen-bond acceptors (Lipinski definition) is 6. The summed E-state index contributed by atoms with van der Waals surface area (Å²) < 4.78 is 7.94. The van der Waals surface area contributed by atoms with Crippen LogP contribution in [0.5, 0.6) is 0 Å². The summed E-state index contributed by atoms with van der Waals surface area (Å²) in [6, 6.07) is 11.2. The number of aromatic nitrogens is 5. The molecule has 3 aromatic heterocycles. The van der Waals surface area contributed by atoms with E-state index in [1.165, 1.54) is 4.40 Å². The number of benzene rings is 1. The maximum Gasteiger partial charge on any atom is 0.350 e. The summed E-state index contributed by atoms with van der Waals surface area (Å²) in [4.78, 5) is 29.2. The standard InChI is InChI=1S/C21H22N6O3/c1-3-4-11-22-17(28)13-27-21(29)26-12-5-6-16(19(26)24-27)20-23-18(25-30-20)15-9-7-14(2)8-10-15/h5-10,12H,3-4,11,13H2,1-2H3,(H,22,28). The van der Waals surface area contributed by atoms with E-state index < -0.39 is 5.69 Å². The Morgan fingerprint density at radius 2 is 2.00 bits per heavy atom. The number of rotatable bonds is 7. The number of pyridine rings is 1. The van der Waals surface area contributed by atoms with Gasteiger partial charge in [-0.3, -0.25) is 4.79 Å². The summed E-state index contributed by atoms with van der Waals surface area (Å²) in [6.45, 7) is 4.47. The average Bonchev–Trinajstić information content (AvgIpc) is 3.34. The highest BCUT2D eigenvalue weighted by Gasteiger charge is 2.18. The van der Waals surface area contributed by atoms with E-state index in [4.69, 9.17) is 4.52 Å². The van der Waals surface area contributed by atoms with Gasteiger partial charge >= 0.3 is 5.69 Å². The minimum absolute atomic E-state index is 0.151. The van der Waals surface area contributed by atoms with Crippen LogP contribution >= 0.6 is 0 Å². The molecular formula is C21H22N6O3. The molecule has 0 aliphatic carbocycles. The quantitative estimate of drug-likeness (QED) is 0.473. The Morgan fingerprint density at radius 3 is 2.77 bits per heavy atom. The van der Waals surface area contributed by atoms with Crippen LogP contribution in [-0.2, 0) is 11.3 Å². The van der Waals surface area contributed by atoms with Crippen molar-refractivity contribution in [3.63, 3.8) is 0 Å². The monoisotopic (exact) mass is 406 g/mol. The highest BCUT2D eigenvalue weighted by atomic mass is 16.5. The van der Waals surface area contributed by atoms with E-state index in [1.807, 2.05) is 38.1 Å². The summed E-state index contributed by atoms with van der Waals surface area (Å²) in [6.07, 6.45) is 3.46. The van der Waals surface area contributed by atoms with Crippen molar-refractivity contribution < 1.29 is 9.32 Å². The lowest BCUT2D eigenvalue weighted by molar-refractivity contribution is -0.121. The number of carbonyl (C=O) groups is 1. The summed E-state index contributed by atoms with van der Waals surface area (Å²) >= 11 is 0. The third-order valence-electron chi connectivity index (χ3n) is 4.72. The molecule has 1 N–H and O–H groups in total. The van der Waals surface area contributed by atoms with Crippen LogP contribution in [0, 0.1) is 6.92 Å². The Kier molecular flexibility index (Phi) is 5.42. The Morgan fingerprint density at radius 1 is 1.20 bits per heavy atom. The van der Waals surface area contributed by atoms with Crippen LogP contribution in [0.2, 0.25) is 0 Å². The number of nitrogens with one attached hydrogen (secondary N) is 1. The molecule has 3 heterocycles. The third kappa shape index (κ3) is 3.86. The molecular weight excluding hydrogens is 384 g/mol. The number of aryl methyl sites for hydroxylation is 1. The van der Waals surface area contributed by atoms with Gasteiger partial charge in [-0.2, -0.15) is 4.98 Å². The largest absolute Gasteiger partial charge is 0.354 e. The van der Waals surface area contributed by atoms with Crippen LogP contribution in [0.25, 0.3) is 28.5 Å². The fourth-order valence-corrected chi connectivity index (χ4v) is 3.06. The molecule has 0 bridgehead atoms. The van der Waals surface area contributed by atoms with E-state index in [1.54, 1.807) is 18.3 Å². The normalized spacial score (nSPS) is 11.1. The highest BCUT2D eigenvalue weighted by Crippen LogP contribution is 2.24. The molecule has 0 unspecified atom stereocenters. The van der Waals surface area contributed by atoms with Crippen molar-refractivity contribution in [2.75, 3.05) is 6.54 Å². The predicted octanol–water partition coefficient (Wildman–Crippen LogP) is 2.44. The molecule has 0 aliphatic heterocycles. The number of hydrogen-bond donors (Lipinski definition) is 1. The maximum atomic E-state index is 12.7. The van der Waals surface area contributed by atoms with Gasteiger partial charge in [0.1, 0.15) is 6.54 Å². The van der Waals surface area contributed by atoms with Crippen LogP contribution in [0.15, 0.2) is 51.9 Å². The van der Waals surface area contributed by atoms with E-state index in [2.05, 4.69) is 20.6 Å². The lowest BCUT2D eigenvalue weighted by Gasteiger charge is -2.02. The number of amides is 1. The zero-order valence-electron chi connectivity index (χ0n) is 16.8. The highest BCUT2D eigenvalue weighted by molar-refractivity contribution is 5.76. The summed E-state index contributed by atoms with van der Waals surface area (Å²) in [5, 5.41) is 11.2. The first-order valence-corrected chi connectivity index (χ1v) is 9.83. The third-order valence-corrected chi connectivity index (χ3v) is 4.72. The zero-order chi connectivity index (χ0) is 21.1. The lowest BCUT2D eigenvalue weighted by atomic mass is 10.1. The lowest BCUT2D eigenvalue weighted by Crippen LogP contribution is -2.33. The average molecular weight is 406 g/mol. The summed E-state index contributed by atoms with van der Waals surface area (Å²) in [7, 11) is 0. The first-order chi connectivity index (χ1) is 14.6. The fourth-order valence-electron chi connectivity index (χ4n) is 3.06. The molecule has 0 spiro atoms. The smallest absolute Gasteiger partial charge is 0.350 e. The predicted molar refractivity (Wildman–Crippen MR) is 111 cm³/mol. The van der Waals surface area contributed by atoms with Crippen molar-refractivity contribution in [2.45, 2.75) is 33.2 Å². The Hall–Kier alpha value is -3.75. The molecule has 1 aromatic carbocycles. The second-order valence-electron chi connectivity index (χ2n) is 7.05. The van der Waals surface area contributed by atoms with Crippen LogP contribution in [0.4, 0.5) is 0 Å². The molecule has 154 valence electrons. The first kappa shape index (κ1) is 19.6. The second kappa shape index (κ2) is 8.32. The molecule has 4 aromatic rings. The molecule has 0 saturated carbocycles. The second-order valence-corrected chi connectivity index (χ2v) is 7.05. The number of fused-ring (bicyclic) bond motifs is 1. The minimum Gasteiger partial charge on any atom is -0.354 e. The number of unbranched alkanes of at least 4 members (excludes halogenated alkanes) is 1. The fraction of sp³-hybridized carbons (Fsp3) is 0.286. The van der Waals surface area contributed by atoms with Crippen molar-refractivity contribution in [3.8, 4) is 22.8 Å².